The van der Waals surface area contributed by atoms with Crippen LogP contribution in [0, 0.1) is 12.8 Å². The van der Waals surface area contributed by atoms with Crippen LogP contribution in [0.25, 0.3) is 11.6 Å². The molecule has 1 atom stereocenters. The molecule has 6 heteroatoms. The molecule has 3 rings (SSSR count). The lowest BCUT2D eigenvalue weighted by Crippen LogP contribution is -2.16. The Balaban J connectivity index is 1.87. The van der Waals surface area contributed by atoms with Crippen molar-refractivity contribution in [3.63, 3.8) is 0 Å². The molecule has 1 aliphatic heterocycles. The van der Waals surface area contributed by atoms with Gasteiger partial charge in [0.2, 0.25) is 0 Å². The number of aromatic nitrogens is 3. The van der Waals surface area contributed by atoms with E-state index >= 15 is 0 Å². The van der Waals surface area contributed by atoms with Crippen LogP contribution in [0.3, 0.4) is 0 Å². The summed E-state index contributed by atoms with van der Waals surface area (Å²) in [4.78, 5) is 11.7. The molecule has 2 aromatic rings. The van der Waals surface area contributed by atoms with Crippen molar-refractivity contribution in [3.8, 4) is 11.6 Å². The van der Waals surface area contributed by atoms with Gasteiger partial charge in [0.1, 0.15) is 11.6 Å². The normalized spacial score (nSPS) is 18.4. The maximum absolute atomic E-state index is 11.7. The van der Waals surface area contributed by atoms with Gasteiger partial charge in [0.25, 0.3) is 0 Å². The van der Waals surface area contributed by atoms with Crippen molar-refractivity contribution in [2.24, 2.45) is 5.92 Å². The average Bonchev–Trinajstić information content (AvgIpc) is 2.99. The van der Waals surface area contributed by atoms with Gasteiger partial charge in [0, 0.05) is 13.0 Å². The zero-order chi connectivity index (χ0) is 14.1. The van der Waals surface area contributed by atoms with Gasteiger partial charge in [0.05, 0.1) is 13.0 Å². The molecule has 106 valence electrons. The van der Waals surface area contributed by atoms with Crippen LogP contribution in [-0.2, 0) is 22.5 Å². The summed E-state index contributed by atoms with van der Waals surface area (Å²) < 4.78 is 12.5. The highest BCUT2D eigenvalue weighted by molar-refractivity contribution is 5.72. The van der Waals surface area contributed by atoms with E-state index in [1.165, 1.54) is 7.11 Å². The second kappa shape index (κ2) is 5.11. The summed E-state index contributed by atoms with van der Waals surface area (Å²) in [6.45, 7) is 2.60. The van der Waals surface area contributed by atoms with E-state index in [1.807, 2.05) is 23.6 Å². The smallest absolute Gasteiger partial charge is 0.308 e. The number of ether oxygens (including phenoxy) is 1. The molecule has 0 saturated carbocycles. The van der Waals surface area contributed by atoms with Crippen molar-refractivity contribution in [1.82, 2.24) is 14.8 Å². The summed E-state index contributed by atoms with van der Waals surface area (Å²) >= 11 is 0. The van der Waals surface area contributed by atoms with Crippen molar-refractivity contribution >= 4 is 5.97 Å². The highest BCUT2D eigenvalue weighted by Gasteiger charge is 2.26. The molecule has 6 nitrogen and oxygen atoms in total. The fraction of sp³-hybridized carbons (Fsp3) is 0.500. The van der Waals surface area contributed by atoms with E-state index in [-0.39, 0.29) is 11.9 Å². The molecular weight excluding hydrogens is 258 g/mol. The van der Waals surface area contributed by atoms with E-state index in [0.717, 1.165) is 42.4 Å². The quantitative estimate of drug-likeness (QED) is 0.784. The summed E-state index contributed by atoms with van der Waals surface area (Å²) in [6.07, 6.45) is 2.22. The predicted octanol–water partition coefficient (Wildman–Crippen LogP) is 1.97. The number of nitrogens with zero attached hydrogens (tertiary/aromatic N) is 3. The third kappa shape index (κ3) is 2.21. The van der Waals surface area contributed by atoms with Gasteiger partial charge in [-0.3, -0.25) is 4.79 Å². The van der Waals surface area contributed by atoms with E-state index in [1.54, 1.807) is 0 Å². The van der Waals surface area contributed by atoms with Gasteiger partial charge >= 0.3 is 5.97 Å². The molecule has 20 heavy (non-hydrogen) atoms. The summed E-state index contributed by atoms with van der Waals surface area (Å²) in [6, 6.07) is 3.81. The SMILES string of the molecule is COC(=O)C1CCc2nnc(-c3ccc(C)o3)n2CC1. The van der Waals surface area contributed by atoms with E-state index in [9.17, 15) is 4.79 Å². The van der Waals surface area contributed by atoms with Crippen LogP contribution in [-0.4, -0.2) is 27.8 Å². The first-order valence-electron chi connectivity index (χ1n) is 6.75. The zero-order valence-corrected chi connectivity index (χ0v) is 11.6. The predicted molar refractivity (Wildman–Crippen MR) is 70.9 cm³/mol. The molecule has 3 heterocycles. The Morgan fingerprint density at radius 1 is 1.40 bits per heavy atom. The van der Waals surface area contributed by atoms with Gasteiger partial charge < -0.3 is 13.7 Å². The van der Waals surface area contributed by atoms with Crippen LogP contribution >= 0.6 is 0 Å². The van der Waals surface area contributed by atoms with Crippen molar-refractivity contribution in [2.45, 2.75) is 32.7 Å². The molecule has 0 spiro atoms. The van der Waals surface area contributed by atoms with Crippen molar-refractivity contribution in [1.29, 1.82) is 0 Å². The Morgan fingerprint density at radius 3 is 2.95 bits per heavy atom. The van der Waals surface area contributed by atoms with Crippen LogP contribution in [0.2, 0.25) is 0 Å². The largest absolute Gasteiger partial charge is 0.469 e. The maximum atomic E-state index is 11.7. The second-order valence-corrected chi connectivity index (χ2v) is 5.05. The van der Waals surface area contributed by atoms with Gasteiger partial charge in [-0.1, -0.05) is 0 Å². The second-order valence-electron chi connectivity index (χ2n) is 5.05. The lowest BCUT2D eigenvalue weighted by atomic mass is 10.0. The zero-order valence-electron chi connectivity index (χ0n) is 11.6. The Kier molecular flexibility index (Phi) is 3.30. The molecule has 0 aliphatic carbocycles. The van der Waals surface area contributed by atoms with Crippen molar-refractivity contribution in [3.05, 3.63) is 23.7 Å². The van der Waals surface area contributed by atoms with Crippen LogP contribution in [0.1, 0.15) is 24.4 Å². The van der Waals surface area contributed by atoms with Crippen LogP contribution in [0.5, 0.6) is 0 Å². The Morgan fingerprint density at radius 2 is 2.25 bits per heavy atom. The number of rotatable bonds is 2. The summed E-state index contributed by atoms with van der Waals surface area (Å²) in [5, 5.41) is 8.44. The summed E-state index contributed by atoms with van der Waals surface area (Å²) in [5.74, 6) is 3.00. The molecule has 0 bridgehead atoms. The van der Waals surface area contributed by atoms with E-state index in [4.69, 9.17) is 9.15 Å². The van der Waals surface area contributed by atoms with Gasteiger partial charge in [-0.2, -0.15) is 0 Å². The average molecular weight is 275 g/mol. The molecule has 1 aliphatic rings. The van der Waals surface area contributed by atoms with Crippen molar-refractivity contribution < 1.29 is 13.9 Å². The molecule has 1 unspecified atom stereocenters. The molecular formula is C14H17N3O3. The topological polar surface area (TPSA) is 70.2 Å². The molecule has 0 fully saturated rings. The fourth-order valence-corrected chi connectivity index (χ4v) is 2.63. The number of furan rings is 1. The first-order valence-corrected chi connectivity index (χ1v) is 6.75. The number of fused-ring (bicyclic) bond motifs is 1. The number of hydrogen-bond acceptors (Lipinski definition) is 5. The van der Waals surface area contributed by atoms with E-state index in [2.05, 4.69) is 10.2 Å². The lowest BCUT2D eigenvalue weighted by molar-refractivity contribution is -0.145. The van der Waals surface area contributed by atoms with Crippen molar-refractivity contribution in [2.75, 3.05) is 7.11 Å². The molecule has 0 aromatic carbocycles. The molecule has 0 amide bonds. The van der Waals surface area contributed by atoms with Gasteiger partial charge in [-0.15, -0.1) is 10.2 Å². The lowest BCUT2D eigenvalue weighted by Gasteiger charge is -2.10. The molecule has 0 radical (unpaired) electrons. The molecule has 0 saturated heterocycles. The summed E-state index contributed by atoms with van der Waals surface area (Å²) in [5.41, 5.74) is 0. The van der Waals surface area contributed by atoms with E-state index in [0.29, 0.717) is 6.54 Å². The number of carbonyl (C=O) groups excluding carboxylic acids is 1. The minimum Gasteiger partial charge on any atom is -0.469 e. The first-order chi connectivity index (χ1) is 9.69. The third-order valence-corrected chi connectivity index (χ3v) is 3.74. The number of esters is 1. The Labute approximate surface area is 116 Å². The van der Waals surface area contributed by atoms with Crippen LogP contribution in [0.15, 0.2) is 16.5 Å². The Bertz CT molecular complexity index is 629. The van der Waals surface area contributed by atoms with Gasteiger partial charge in [0.15, 0.2) is 11.6 Å². The maximum Gasteiger partial charge on any atom is 0.308 e. The van der Waals surface area contributed by atoms with E-state index < -0.39 is 0 Å². The number of methoxy groups -OCH3 is 1. The van der Waals surface area contributed by atoms with Gasteiger partial charge in [-0.25, -0.2) is 0 Å². The van der Waals surface area contributed by atoms with Crippen LogP contribution in [0.4, 0.5) is 0 Å². The summed E-state index contributed by atoms with van der Waals surface area (Å²) in [7, 11) is 1.43. The monoisotopic (exact) mass is 275 g/mol. The number of hydrogen-bond donors (Lipinski definition) is 0. The standard InChI is InChI=1S/C14H17N3O3/c1-9-3-5-11(20-9)13-16-15-12-6-4-10(14(18)19-2)7-8-17(12)13/h3,5,10H,4,6-8H2,1-2H3. The number of carbonyl (C=O) groups is 1. The minimum atomic E-state index is -0.140. The minimum absolute atomic E-state index is 0.0621. The molecule has 0 N–H and O–H groups in total. The number of aryl methyl sites for hydroxylation is 2. The van der Waals surface area contributed by atoms with Gasteiger partial charge in [-0.05, 0) is 31.9 Å². The first kappa shape index (κ1) is 12.9. The molecule has 2 aromatic heterocycles. The highest BCUT2D eigenvalue weighted by Crippen LogP contribution is 2.26. The third-order valence-electron chi connectivity index (χ3n) is 3.74. The van der Waals surface area contributed by atoms with Crippen LogP contribution < -0.4 is 0 Å². The highest BCUT2D eigenvalue weighted by atomic mass is 16.5. The fourth-order valence-electron chi connectivity index (χ4n) is 2.63. The Hall–Kier alpha value is -2.11.